The fourth-order valence-corrected chi connectivity index (χ4v) is 3.22. The van der Waals surface area contributed by atoms with Gasteiger partial charge in [0.1, 0.15) is 5.75 Å². The van der Waals surface area contributed by atoms with Crippen LogP contribution in [0.25, 0.3) is 11.8 Å². The molecule has 2 aromatic carbocycles. The number of hydrogen-bond donors (Lipinski definition) is 0. The van der Waals surface area contributed by atoms with Gasteiger partial charge >= 0.3 is 0 Å². The molecule has 2 heterocycles. The highest BCUT2D eigenvalue weighted by Crippen LogP contribution is 2.39. The second kappa shape index (κ2) is 6.59. The average Bonchev–Trinajstić information content (AvgIpc) is 3.12. The molecule has 2 aliphatic rings. The molecule has 0 aliphatic carbocycles. The van der Waals surface area contributed by atoms with Gasteiger partial charge in [-0.05, 0) is 47.9 Å². The number of methoxy groups -OCH3 is 1. The van der Waals surface area contributed by atoms with E-state index in [1.165, 1.54) is 0 Å². The lowest BCUT2D eigenvalue weighted by atomic mass is 9.96. The van der Waals surface area contributed by atoms with Crippen molar-refractivity contribution in [3.63, 3.8) is 0 Å². The first-order valence-corrected chi connectivity index (χ1v) is 8.41. The Morgan fingerprint density at radius 3 is 2.85 bits per heavy atom. The quantitative estimate of drug-likeness (QED) is 0.796. The van der Waals surface area contributed by atoms with Crippen molar-refractivity contribution < 1.29 is 19.0 Å². The summed E-state index contributed by atoms with van der Waals surface area (Å²) in [5, 5.41) is 0. The molecular weight excluding hydrogens is 330 g/mol. The van der Waals surface area contributed by atoms with Gasteiger partial charge in [-0.3, -0.25) is 4.79 Å². The smallest absolute Gasteiger partial charge is 0.250 e. The summed E-state index contributed by atoms with van der Waals surface area (Å²) in [6.45, 7) is 4.94. The van der Waals surface area contributed by atoms with E-state index in [-0.39, 0.29) is 12.7 Å². The van der Waals surface area contributed by atoms with E-state index < -0.39 is 0 Å². The van der Waals surface area contributed by atoms with E-state index in [1.54, 1.807) is 24.2 Å². The van der Waals surface area contributed by atoms with Crippen molar-refractivity contribution in [3.05, 3.63) is 65.7 Å². The minimum absolute atomic E-state index is 0.0962. The molecule has 0 fully saturated rings. The van der Waals surface area contributed by atoms with Crippen LogP contribution in [0.4, 0.5) is 0 Å². The van der Waals surface area contributed by atoms with Gasteiger partial charge in [-0.1, -0.05) is 18.7 Å². The molecule has 0 atom stereocenters. The Morgan fingerprint density at radius 2 is 2.04 bits per heavy atom. The van der Waals surface area contributed by atoms with E-state index in [9.17, 15) is 4.79 Å². The standard InChI is InChI=1S/C21H19NO4/c1-14-18-12-20-19(25-13-26-20)11-16(18)8-9-22(14)21(23)7-6-15-4-3-5-17(10-15)24-2/h3-7,10-12H,1,8-9,13H2,2H3/b7-6+. The topological polar surface area (TPSA) is 48.0 Å². The van der Waals surface area contributed by atoms with Crippen LogP contribution in [-0.2, 0) is 11.2 Å². The number of amides is 1. The lowest BCUT2D eigenvalue weighted by Crippen LogP contribution is -2.33. The van der Waals surface area contributed by atoms with Gasteiger partial charge < -0.3 is 19.1 Å². The normalized spacial score (nSPS) is 15.3. The maximum absolute atomic E-state index is 12.7. The number of fused-ring (bicyclic) bond motifs is 2. The summed E-state index contributed by atoms with van der Waals surface area (Å²) in [6.07, 6.45) is 4.11. The number of carbonyl (C=O) groups excluding carboxylic acids is 1. The van der Waals surface area contributed by atoms with Gasteiger partial charge in [0.05, 0.1) is 7.11 Å². The van der Waals surface area contributed by atoms with Gasteiger partial charge in [0.25, 0.3) is 5.91 Å². The van der Waals surface area contributed by atoms with Gasteiger partial charge in [-0.25, -0.2) is 0 Å². The van der Waals surface area contributed by atoms with E-state index in [0.717, 1.165) is 34.6 Å². The summed E-state index contributed by atoms with van der Waals surface area (Å²) in [4.78, 5) is 14.4. The molecule has 0 aromatic heterocycles. The predicted octanol–water partition coefficient (Wildman–Crippen LogP) is 3.49. The predicted molar refractivity (Wildman–Crippen MR) is 99.0 cm³/mol. The molecule has 0 saturated carbocycles. The Balaban J connectivity index is 1.54. The third-order valence-electron chi connectivity index (χ3n) is 4.62. The minimum Gasteiger partial charge on any atom is -0.497 e. The van der Waals surface area contributed by atoms with Crippen molar-refractivity contribution in [2.45, 2.75) is 6.42 Å². The van der Waals surface area contributed by atoms with Crippen LogP contribution >= 0.6 is 0 Å². The summed E-state index contributed by atoms with van der Waals surface area (Å²) in [7, 11) is 1.62. The molecule has 5 nitrogen and oxygen atoms in total. The summed E-state index contributed by atoms with van der Waals surface area (Å²) < 4.78 is 16.1. The van der Waals surface area contributed by atoms with Crippen LogP contribution < -0.4 is 14.2 Å². The monoisotopic (exact) mass is 349 g/mol. The number of ether oxygens (including phenoxy) is 3. The second-order valence-electron chi connectivity index (χ2n) is 6.16. The van der Waals surface area contributed by atoms with Gasteiger partial charge in [0, 0.05) is 23.9 Å². The number of nitrogens with zero attached hydrogens (tertiary/aromatic N) is 1. The Labute approximate surface area is 152 Å². The Morgan fingerprint density at radius 1 is 1.23 bits per heavy atom. The molecule has 132 valence electrons. The third kappa shape index (κ3) is 2.92. The van der Waals surface area contributed by atoms with Crippen molar-refractivity contribution in [1.29, 1.82) is 0 Å². The second-order valence-corrected chi connectivity index (χ2v) is 6.16. The van der Waals surface area contributed by atoms with E-state index in [4.69, 9.17) is 14.2 Å². The van der Waals surface area contributed by atoms with E-state index in [1.807, 2.05) is 36.4 Å². The Bertz CT molecular complexity index is 916. The maximum Gasteiger partial charge on any atom is 0.250 e. The molecule has 1 amide bonds. The molecule has 2 aliphatic heterocycles. The molecule has 0 radical (unpaired) electrons. The Kier molecular flexibility index (Phi) is 4.13. The molecule has 4 rings (SSSR count). The van der Waals surface area contributed by atoms with Gasteiger partial charge in [-0.2, -0.15) is 0 Å². The number of carbonyl (C=O) groups is 1. The Hall–Kier alpha value is -3.21. The summed E-state index contributed by atoms with van der Waals surface area (Å²) in [5.41, 5.74) is 3.65. The third-order valence-corrected chi connectivity index (χ3v) is 4.62. The highest BCUT2D eigenvalue weighted by Gasteiger charge is 2.26. The molecule has 0 bridgehead atoms. The van der Waals surface area contributed by atoms with Crippen LogP contribution in [0.15, 0.2) is 49.1 Å². The SMILES string of the molecule is C=C1c2cc3c(cc2CCN1C(=O)/C=C/c1cccc(OC)c1)OCO3. The molecule has 5 heteroatoms. The molecule has 26 heavy (non-hydrogen) atoms. The zero-order valence-corrected chi connectivity index (χ0v) is 14.5. The molecule has 0 saturated heterocycles. The highest BCUT2D eigenvalue weighted by atomic mass is 16.7. The fourth-order valence-electron chi connectivity index (χ4n) is 3.22. The number of benzene rings is 2. The van der Waals surface area contributed by atoms with Crippen molar-refractivity contribution >= 4 is 17.7 Å². The molecular formula is C21H19NO4. The van der Waals surface area contributed by atoms with Crippen LogP contribution in [0.5, 0.6) is 17.2 Å². The van der Waals surface area contributed by atoms with Crippen LogP contribution in [0, 0.1) is 0 Å². The summed E-state index contributed by atoms with van der Waals surface area (Å²) in [5.74, 6) is 2.12. The zero-order valence-electron chi connectivity index (χ0n) is 14.5. The largest absolute Gasteiger partial charge is 0.497 e. The number of rotatable bonds is 3. The van der Waals surface area contributed by atoms with Gasteiger partial charge in [-0.15, -0.1) is 0 Å². The van der Waals surface area contributed by atoms with Crippen molar-refractivity contribution in [1.82, 2.24) is 4.90 Å². The van der Waals surface area contributed by atoms with Crippen LogP contribution in [-0.4, -0.2) is 31.3 Å². The van der Waals surface area contributed by atoms with Crippen LogP contribution in [0.3, 0.4) is 0 Å². The number of hydrogen-bond acceptors (Lipinski definition) is 4. The maximum atomic E-state index is 12.7. The lowest BCUT2D eigenvalue weighted by molar-refractivity contribution is -0.123. The highest BCUT2D eigenvalue weighted by molar-refractivity contribution is 5.98. The van der Waals surface area contributed by atoms with Gasteiger partial charge in [0.2, 0.25) is 6.79 Å². The lowest BCUT2D eigenvalue weighted by Gasteiger charge is -2.30. The molecule has 0 N–H and O–H groups in total. The summed E-state index contributed by atoms with van der Waals surface area (Å²) >= 11 is 0. The first-order chi connectivity index (χ1) is 12.7. The molecule has 0 unspecified atom stereocenters. The van der Waals surface area contributed by atoms with E-state index >= 15 is 0 Å². The molecule has 0 spiro atoms. The first kappa shape index (κ1) is 16.3. The van der Waals surface area contributed by atoms with Gasteiger partial charge in [0.15, 0.2) is 11.5 Å². The average molecular weight is 349 g/mol. The first-order valence-electron chi connectivity index (χ1n) is 8.41. The van der Waals surface area contributed by atoms with E-state index in [0.29, 0.717) is 18.0 Å². The van der Waals surface area contributed by atoms with Crippen molar-refractivity contribution in [3.8, 4) is 17.2 Å². The van der Waals surface area contributed by atoms with E-state index in [2.05, 4.69) is 6.58 Å². The zero-order chi connectivity index (χ0) is 18.1. The van der Waals surface area contributed by atoms with Crippen LogP contribution in [0.2, 0.25) is 0 Å². The van der Waals surface area contributed by atoms with Crippen LogP contribution in [0.1, 0.15) is 16.7 Å². The summed E-state index contributed by atoms with van der Waals surface area (Å²) in [6, 6.07) is 11.5. The van der Waals surface area contributed by atoms with Crippen molar-refractivity contribution in [2.75, 3.05) is 20.4 Å². The van der Waals surface area contributed by atoms with Crippen molar-refractivity contribution in [2.24, 2.45) is 0 Å². The minimum atomic E-state index is -0.0962. The molecule has 2 aromatic rings. The fraction of sp³-hybridized carbons (Fsp3) is 0.190.